The van der Waals surface area contributed by atoms with E-state index in [0.29, 0.717) is 0 Å². The summed E-state index contributed by atoms with van der Waals surface area (Å²) in [6.07, 6.45) is 5.16. The maximum absolute atomic E-state index is 4.10. The first-order valence-corrected chi connectivity index (χ1v) is 6.30. The van der Waals surface area contributed by atoms with Gasteiger partial charge in [0.2, 0.25) is 0 Å². The maximum Gasteiger partial charge on any atom is 0.0283 e. The molecule has 0 radical (unpaired) electrons. The average molecular weight is 251 g/mol. The van der Waals surface area contributed by atoms with Gasteiger partial charge in [0.1, 0.15) is 0 Å². The molecule has 1 aliphatic rings. The fourth-order valence-electron chi connectivity index (χ4n) is 2.18. The zero-order chi connectivity index (χ0) is 9.97. The minimum Gasteiger partial charge on any atom is -0.0944 e. The highest BCUT2D eigenvalue weighted by molar-refractivity contribution is 9.09. The summed E-state index contributed by atoms with van der Waals surface area (Å²) in [4.78, 5) is 0. The summed E-state index contributed by atoms with van der Waals surface area (Å²) in [5, 5.41) is 0.878. The number of hydrogen-bond donors (Lipinski definition) is 0. The molecular weight excluding hydrogens is 236 g/mol. The van der Waals surface area contributed by atoms with Gasteiger partial charge in [0.15, 0.2) is 0 Å². The van der Waals surface area contributed by atoms with E-state index >= 15 is 0 Å². The first-order valence-electron chi connectivity index (χ1n) is 5.18. The van der Waals surface area contributed by atoms with E-state index in [4.69, 9.17) is 0 Å². The lowest BCUT2D eigenvalue weighted by Crippen LogP contribution is -2.05. The van der Waals surface area contributed by atoms with Gasteiger partial charge in [-0.05, 0) is 47.9 Å². The Hall–Kier alpha value is -0.560. The number of halogens is 1. The number of rotatable bonds is 2. The second-order valence-electron chi connectivity index (χ2n) is 3.89. The minimum absolute atomic E-state index is 0.878. The summed E-state index contributed by atoms with van der Waals surface area (Å²) in [6, 6.07) is 6.63. The largest absolute Gasteiger partial charge is 0.0944 e. The van der Waals surface area contributed by atoms with E-state index in [0.717, 1.165) is 5.33 Å². The highest BCUT2D eigenvalue weighted by atomic mass is 79.9. The van der Waals surface area contributed by atoms with E-state index in [1.54, 1.807) is 5.56 Å². The molecule has 14 heavy (non-hydrogen) atoms. The molecule has 0 spiro atoms. The van der Waals surface area contributed by atoms with Gasteiger partial charge < -0.3 is 0 Å². The molecule has 1 heteroatoms. The Morgan fingerprint density at radius 3 is 2.86 bits per heavy atom. The Balaban J connectivity index is 2.45. The monoisotopic (exact) mass is 250 g/mol. The van der Waals surface area contributed by atoms with Crippen LogP contribution in [0.25, 0.3) is 5.57 Å². The van der Waals surface area contributed by atoms with Crippen LogP contribution in [-0.2, 0) is 12.8 Å². The summed E-state index contributed by atoms with van der Waals surface area (Å²) in [5.41, 5.74) is 5.67. The number of allylic oxidation sites excluding steroid dienone is 1. The van der Waals surface area contributed by atoms with Gasteiger partial charge in [-0.15, -0.1) is 0 Å². The predicted molar refractivity (Wildman–Crippen MR) is 65.9 cm³/mol. The molecule has 2 rings (SSSR count). The minimum atomic E-state index is 0.878. The van der Waals surface area contributed by atoms with E-state index in [9.17, 15) is 0 Å². The molecule has 0 atom stereocenters. The molecule has 1 aliphatic carbocycles. The third-order valence-electron chi connectivity index (χ3n) is 2.94. The Morgan fingerprint density at radius 2 is 2.07 bits per heavy atom. The van der Waals surface area contributed by atoms with Crippen LogP contribution in [0.1, 0.15) is 29.5 Å². The van der Waals surface area contributed by atoms with E-state index in [-0.39, 0.29) is 0 Å². The Morgan fingerprint density at radius 1 is 1.29 bits per heavy atom. The van der Waals surface area contributed by atoms with Crippen LogP contribution < -0.4 is 0 Å². The van der Waals surface area contributed by atoms with E-state index in [1.807, 2.05) is 0 Å². The first kappa shape index (κ1) is 9.97. The fourth-order valence-corrected chi connectivity index (χ4v) is 2.49. The van der Waals surface area contributed by atoms with Gasteiger partial charge in [0.25, 0.3) is 0 Å². The lowest BCUT2D eigenvalue weighted by atomic mass is 9.86. The van der Waals surface area contributed by atoms with E-state index < -0.39 is 0 Å². The molecule has 74 valence electrons. The van der Waals surface area contributed by atoms with E-state index in [2.05, 4.69) is 40.7 Å². The summed E-state index contributed by atoms with van der Waals surface area (Å²) in [7, 11) is 0. The van der Waals surface area contributed by atoms with Crippen molar-refractivity contribution in [2.24, 2.45) is 0 Å². The molecule has 1 aromatic carbocycles. The lowest BCUT2D eigenvalue weighted by molar-refractivity contribution is 0.684. The number of fused-ring (bicyclic) bond motifs is 1. The molecule has 0 fully saturated rings. The third kappa shape index (κ3) is 1.78. The van der Waals surface area contributed by atoms with Gasteiger partial charge >= 0.3 is 0 Å². The smallest absolute Gasteiger partial charge is 0.0283 e. The topological polar surface area (TPSA) is 0 Å². The molecule has 0 unspecified atom stereocenters. The molecule has 0 nitrogen and oxygen atoms in total. The lowest BCUT2D eigenvalue weighted by Gasteiger charge is -2.19. The first-order chi connectivity index (χ1) is 6.83. The predicted octanol–water partition coefficient (Wildman–Crippen LogP) is 3.97. The fraction of sp³-hybridized carbons (Fsp3) is 0.385. The van der Waals surface area contributed by atoms with Gasteiger partial charge in [0.05, 0.1) is 0 Å². The van der Waals surface area contributed by atoms with Crippen LogP contribution in [0, 0.1) is 0 Å². The van der Waals surface area contributed by atoms with Crippen molar-refractivity contribution in [1.82, 2.24) is 0 Å². The Kier molecular flexibility index (Phi) is 3.07. The van der Waals surface area contributed by atoms with Crippen molar-refractivity contribution < 1.29 is 0 Å². The standard InChI is InChI=1S/C13H15Br/c1-10(9-14)12-8-4-6-11-5-2-3-7-13(11)12/h4,6,8H,1-3,5,7,9H2. The van der Waals surface area contributed by atoms with Crippen LogP contribution in [0.5, 0.6) is 0 Å². The Labute approximate surface area is 94.2 Å². The SMILES string of the molecule is C=C(CBr)c1cccc2c1CCCC2. The van der Waals surface area contributed by atoms with Gasteiger partial charge in [0, 0.05) is 5.33 Å². The number of benzene rings is 1. The number of aryl methyl sites for hydroxylation is 1. The third-order valence-corrected chi connectivity index (χ3v) is 3.62. The number of hydrogen-bond acceptors (Lipinski definition) is 0. The molecular formula is C13H15Br. The van der Waals surface area contributed by atoms with E-state index in [1.165, 1.54) is 42.4 Å². The van der Waals surface area contributed by atoms with Crippen molar-refractivity contribution in [3.05, 3.63) is 41.5 Å². The van der Waals surface area contributed by atoms with Crippen LogP contribution in [-0.4, -0.2) is 5.33 Å². The average Bonchev–Trinajstić information content (AvgIpc) is 2.27. The summed E-state index contributed by atoms with van der Waals surface area (Å²) in [5.74, 6) is 0. The normalized spacial score (nSPS) is 14.9. The zero-order valence-electron chi connectivity index (χ0n) is 8.35. The maximum atomic E-state index is 4.10. The molecule has 0 aromatic heterocycles. The summed E-state index contributed by atoms with van der Waals surface area (Å²) < 4.78 is 0. The van der Waals surface area contributed by atoms with Gasteiger partial charge in [-0.3, -0.25) is 0 Å². The molecule has 0 saturated heterocycles. The molecule has 0 saturated carbocycles. The van der Waals surface area contributed by atoms with Crippen LogP contribution >= 0.6 is 15.9 Å². The van der Waals surface area contributed by atoms with Crippen molar-refractivity contribution in [3.8, 4) is 0 Å². The zero-order valence-corrected chi connectivity index (χ0v) is 9.94. The van der Waals surface area contributed by atoms with Gasteiger partial charge in [-0.1, -0.05) is 40.7 Å². The van der Waals surface area contributed by atoms with Crippen LogP contribution in [0.3, 0.4) is 0 Å². The van der Waals surface area contributed by atoms with Crippen molar-refractivity contribution in [3.63, 3.8) is 0 Å². The second-order valence-corrected chi connectivity index (χ2v) is 4.45. The molecule has 0 aliphatic heterocycles. The molecule has 0 heterocycles. The summed E-state index contributed by atoms with van der Waals surface area (Å²) in [6.45, 7) is 4.10. The second kappa shape index (κ2) is 4.31. The van der Waals surface area contributed by atoms with Crippen LogP contribution in [0.15, 0.2) is 24.8 Å². The van der Waals surface area contributed by atoms with Gasteiger partial charge in [-0.25, -0.2) is 0 Å². The quantitative estimate of drug-likeness (QED) is 0.697. The van der Waals surface area contributed by atoms with Gasteiger partial charge in [-0.2, -0.15) is 0 Å². The molecule has 0 N–H and O–H groups in total. The molecule has 0 bridgehead atoms. The molecule has 0 amide bonds. The highest BCUT2D eigenvalue weighted by Crippen LogP contribution is 2.28. The van der Waals surface area contributed by atoms with Crippen LogP contribution in [0.2, 0.25) is 0 Å². The van der Waals surface area contributed by atoms with Crippen molar-refractivity contribution in [2.75, 3.05) is 5.33 Å². The molecule has 1 aromatic rings. The van der Waals surface area contributed by atoms with Crippen molar-refractivity contribution in [2.45, 2.75) is 25.7 Å². The summed E-state index contributed by atoms with van der Waals surface area (Å²) >= 11 is 3.48. The van der Waals surface area contributed by atoms with Crippen molar-refractivity contribution in [1.29, 1.82) is 0 Å². The Bertz CT molecular complexity index is 352. The van der Waals surface area contributed by atoms with Crippen molar-refractivity contribution >= 4 is 21.5 Å². The van der Waals surface area contributed by atoms with Crippen LogP contribution in [0.4, 0.5) is 0 Å². The highest BCUT2D eigenvalue weighted by Gasteiger charge is 2.13. The number of alkyl halides is 1.